The SMILES string of the molecule is CCNCc1cc(Cl)cc(Cl)c1OCC1CCCO1. The van der Waals surface area contributed by atoms with Crippen molar-refractivity contribution >= 4 is 23.2 Å². The van der Waals surface area contributed by atoms with E-state index in [2.05, 4.69) is 12.2 Å². The normalized spacial score (nSPS) is 18.8. The van der Waals surface area contributed by atoms with Gasteiger partial charge in [-0.1, -0.05) is 30.1 Å². The summed E-state index contributed by atoms with van der Waals surface area (Å²) in [6.45, 7) is 5.00. The van der Waals surface area contributed by atoms with Crippen LogP contribution in [-0.4, -0.2) is 25.9 Å². The fourth-order valence-corrected chi connectivity index (χ4v) is 2.71. The molecule has 1 heterocycles. The van der Waals surface area contributed by atoms with E-state index in [0.717, 1.165) is 31.6 Å². The summed E-state index contributed by atoms with van der Waals surface area (Å²) in [7, 11) is 0. The maximum absolute atomic E-state index is 6.22. The molecule has 1 fully saturated rings. The molecule has 1 aromatic carbocycles. The van der Waals surface area contributed by atoms with E-state index in [-0.39, 0.29) is 6.10 Å². The summed E-state index contributed by atoms with van der Waals surface area (Å²) in [5, 5.41) is 4.44. The quantitative estimate of drug-likeness (QED) is 0.870. The van der Waals surface area contributed by atoms with Crippen LogP contribution in [0.4, 0.5) is 0 Å². The van der Waals surface area contributed by atoms with Gasteiger partial charge in [-0.2, -0.15) is 0 Å². The molecule has 0 radical (unpaired) electrons. The van der Waals surface area contributed by atoms with E-state index in [0.29, 0.717) is 28.9 Å². The molecule has 19 heavy (non-hydrogen) atoms. The second-order valence-electron chi connectivity index (χ2n) is 4.60. The van der Waals surface area contributed by atoms with Gasteiger partial charge in [0.1, 0.15) is 12.4 Å². The summed E-state index contributed by atoms with van der Waals surface area (Å²) < 4.78 is 11.4. The molecule has 1 aromatic rings. The minimum absolute atomic E-state index is 0.179. The highest BCUT2D eigenvalue weighted by atomic mass is 35.5. The standard InChI is InChI=1S/C14H19Cl2NO2/c1-2-17-8-10-6-11(15)7-13(16)14(10)19-9-12-4-3-5-18-12/h6-7,12,17H,2-5,8-9H2,1H3. The van der Waals surface area contributed by atoms with Crippen LogP contribution in [0.5, 0.6) is 5.75 Å². The van der Waals surface area contributed by atoms with Crippen molar-refractivity contribution in [1.82, 2.24) is 5.32 Å². The van der Waals surface area contributed by atoms with Crippen molar-refractivity contribution in [2.45, 2.75) is 32.4 Å². The third-order valence-corrected chi connectivity index (χ3v) is 3.59. The third-order valence-electron chi connectivity index (χ3n) is 3.09. The molecule has 2 rings (SSSR count). The van der Waals surface area contributed by atoms with Crippen molar-refractivity contribution in [2.24, 2.45) is 0 Å². The average Bonchev–Trinajstić information content (AvgIpc) is 2.88. The summed E-state index contributed by atoms with van der Waals surface area (Å²) in [6, 6.07) is 3.60. The van der Waals surface area contributed by atoms with Crippen LogP contribution >= 0.6 is 23.2 Å². The maximum atomic E-state index is 6.22. The highest BCUT2D eigenvalue weighted by Crippen LogP contribution is 2.33. The number of hydrogen-bond acceptors (Lipinski definition) is 3. The largest absolute Gasteiger partial charge is 0.489 e. The van der Waals surface area contributed by atoms with E-state index in [9.17, 15) is 0 Å². The smallest absolute Gasteiger partial charge is 0.142 e. The van der Waals surface area contributed by atoms with Gasteiger partial charge in [-0.15, -0.1) is 0 Å². The Bertz CT molecular complexity index is 420. The second-order valence-corrected chi connectivity index (χ2v) is 5.45. The Balaban J connectivity index is 2.07. The molecule has 1 aliphatic rings. The van der Waals surface area contributed by atoms with E-state index in [1.807, 2.05) is 6.07 Å². The van der Waals surface area contributed by atoms with E-state index < -0.39 is 0 Å². The molecule has 3 nitrogen and oxygen atoms in total. The van der Waals surface area contributed by atoms with Gasteiger partial charge in [-0.3, -0.25) is 0 Å². The Hall–Kier alpha value is -0.480. The van der Waals surface area contributed by atoms with Gasteiger partial charge in [0.15, 0.2) is 0 Å². The van der Waals surface area contributed by atoms with Gasteiger partial charge in [0.25, 0.3) is 0 Å². The molecular weight excluding hydrogens is 285 g/mol. The average molecular weight is 304 g/mol. The summed E-state index contributed by atoms with van der Waals surface area (Å²) >= 11 is 12.3. The van der Waals surface area contributed by atoms with Gasteiger partial charge in [-0.05, 0) is 31.5 Å². The third kappa shape index (κ3) is 4.25. The van der Waals surface area contributed by atoms with Gasteiger partial charge >= 0.3 is 0 Å². The van der Waals surface area contributed by atoms with Crippen LogP contribution < -0.4 is 10.1 Å². The van der Waals surface area contributed by atoms with Crippen molar-refractivity contribution in [3.8, 4) is 5.75 Å². The van der Waals surface area contributed by atoms with E-state index in [1.165, 1.54) is 0 Å². The minimum Gasteiger partial charge on any atom is -0.489 e. The molecule has 5 heteroatoms. The lowest BCUT2D eigenvalue weighted by Gasteiger charge is -2.16. The molecule has 106 valence electrons. The number of hydrogen-bond donors (Lipinski definition) is 1. The molecule has 1 atom stereocenters. The topological polar surface area (TPSA) is 30.5 Å². The van der Waals surface area contributed by atoms with Crippen LogP contribution in [0, 0.1) is 0 Å². The fourth-order valence-electron chi connectivity index (χ4n) is 2.12. The number of benzene rings is 1. The monoisotopic (exact) mass is 303 g/mol. The predicted molar refractivity (Wildman–Crippen MR) is 78.3 cm³/mol. The van der Waals surface area contributed by atoms with E-state index >= 15 is 0 Å². The molecule has 0 aromatic heterocycles. The van der Waals surface area contributed by atoms with Crippen molar-refractivity contribution in [3.63, 3.8) is 0 Å². The molecule has 1 N–H and O–H groups in total. The Morgan fingerprint density at radius 1 is 1.42 bits per heavy atom. The van der Waals surface area contributed by atoms with Crippen LogP contribution in [0.2, 0.25) is 10.0 Å². The number of nitrogens with one attached hydrogen (secondary N) is 1. The lowest BCUT2D eigenvalue weighted by Crippen LogP contribution is -2.18. The maximum Gasteiger partial charge on any atom is 0.142 e. The van der Waals surface area contributed by atoms with Gasteiger partial charge in [-0.25, -0.2) is 0 Å². The Morgan fingerprint density at radius 2 is 2.26 bits per heavy atom. The Labute approximate surface area is 124 Å². The molecule has 0 spiro atoms. The molecule has 1 saturated heterocycles. The summed E-state index contributed by atoms with van der Waals surface area (Å²) in [5.41, 5.74) is 0.984. The molecule has 0 aliphatic carbocycles. The van der Waals surface area contributed by atoms with Gasteiger partial charge in [0.2, 0.25) is 0 Å². The fraction of sp³-hybridized carbons (Fsp3) is 0.571. The van der Waals surface area contributed by atoms with Crippen molar-refractivity contribution in [1.29, 1.82) is 0 Å². The van der Waals surface area contributed by atoms with Crippen molar-refractivity contribution < 1.29 is 9.47 Å². The van der Waals surface area contributed by atoms with E-state index in [1.54, 1.807) is 6.07 Å². The second kappa shape index (κ2) is 7.34. The van der Waals surface area contributed by atoms with E-state index in [4.69, 9.17) is 32.7 Å². The number of rotatable bonds is 6. The molecule has 1 aliphatic heterocycles. The van der Waals surface area contributed by atoms with Gasteiger partial charge in [0, 0.05) is 23.7 Å². The summed E-state index contributed by atoms with van der Waals surface area (Å²) in [5.74, 6) is 0.711. The molecule has 0 amide bonds. The lowest BCUT2D eigenvalue weighted by molar-refractivity contribution is 0.0676. The van der Waals surface area contributed by atoms with Crippen LogP contribution in [0.25, 0.3) is 0 Å². The van der Waals surface area contributed by atoms with Gasteiger partial charge < -0.3 is 14.8 Å². The predicted octanol–water partition coefficient (Wildman–Crippen LogP) is 3.66. The van der Waals surface area contributed by atoms with Crippen molar-refractivity contribution in [2.75, 3.05) is 19.8 Å². The first-order chi connectivity index (χ1) is 9.20. The summed E-state index contributed by atoms with van der Waals surface area (Å²) in [6.07, 6.45) is 2.33. The van der Waals surface area contributed by atoms with Crippen molar-refractivity contribution in [3.05, 3.63) is 27.7 Å². The molecule has 0 bridgehead atoms. The Morgan fingerprint density at radius 3 is 2.95 bits per heavy atom. The number of halogens is 2. The first-order valence-corrected chi connectivity index (χ1v) is 7.39. The first-order valence-electron chi connectivity index (χ1n) is 6.63. The Kier molecular flexibility index (Phi) is 5.76. The number of ether oxygens (including phenoxy) is 2. The first kappa shape index (κ1) is 14.9. The zero-order valence-corrected chi connectivity index (χ0v) is 12.6. The zero-order chi connectivity index (χ0) is 13.7. The highest BCUT2D eigenvalue weighted by Gasteiger charge is 2.18. The zero-order valence-electron chi connectivity index (χ0n) is 11.0. The molecule has 1 unspecified atom stereocenters. The lowest BCUT2D eigenvalue weighted by atomic mass is 10.2. The molecule has 0 saturated carbocycles. The summed E-state index contributed by atoms with van der Waals surface area (Å²) in [4.78, 5) is 0. The molecular formula is C14H19Cl2NO2. The van der Waals surface area contributed by atoms with Crippen LogP contribution in [0.15, 0.2) is 12.1 Å². The van der Waals surface area contributed by atoms with Crippen LogP contribution in [0.3, 0.4) is 0 Å². The highest BCUT2D eigenvalue weighted by molar-refractivity contribution is 6.35. The van der Waals surface area contributed by atoms with Gasteiger partial charge in [0.05, 0.1) is 11.1 Å². The van der Waals surface area contributed by atoms with Crippen LogP contribution in [-0.2, 0) is 11.3 Å². The van der Waals surface area contributed by atoms with Crippen LogP contribution in [0.1, 0.15) is 25.3 Å². The minimum atomic E-state index is 0.179.